The van der Waals surface area contributed by atoms with Crippen molar-refractivity contribution < 1.29 is 9.53 Å². The van der Waals surface area contributed by atoms with Gasteiger partial charge in [0.15, 0.2) is 9.04 Å². The lowest BCUT2D eigenvalue weighted by Crippen LogP contribution is -2.26. The van der Waals surface area contributed by atoms with Gasteiger partial charge < -0.3 is 9.53 Å². The lowest BCUT2D eigenvalue weighted by atomic mass is 9.84. The lowest BCUT2D eigenvalue weighted by molar-refractivity contribution is 0.0865. The molecule has 0 saturated heterocycles. The Morgan fingerprint density at radius 1 is 1.26 bits per heavy atom. The minimum absolute atomic E-state index is 0.0841. The first kappa shape index (κ1) is 16.4. The second kappa shape index (κ2) is 6.68. The number of aliphatic hydroxyl groups excluding tert-OH is 1. The Balaban J connectivity index is 3.02. The Bertz CT molecular complexity index is 394. The molecule has 0 radical (unpaired) electrons. The third-order valence-electron chi connectivity index (χ3n) is 2.98. The lowest BCUT2D eigenvalue weighted by Gasteiger charge is -2.33. The van der Waals surface area contributed by atoms with Crippen LogP contribution < -0.4 is 0 Å². The van der Waals surface area contributed by atoms with Crippen LogP contribution in [0.15, 0.2) is 24.3 Å². The van der Waals surface area contributed by atoms with E-state index in [1.807, 2.05) is 6.92 Å². The molecule has 3 heteroatoms. The van der Waals surface area contributed by atoms with Crippen molar-refractivity contribution in [3.05, 3.63) is 35.4 Å². The zero-order chi connectivity index (χ0) is 14.6. The number of hydrogen-bond acceptors (Lipinski definition) is 2. The number of benzene rings is 1. The van der Waals surface area contributed by atoms with Crippen molar-refractivity contribution in [2.45, 2.75) is 59.4 Å². The van der Waals surface area contributed by atoms with Crippen LogP contribution in [0.2, 0.25) is 13.1 Å². The van der Waals surface area contributed by atoms with Gasteiger partial charge in [0.25, 0.3) is 0 Å². The number of aliphatic hydroxyl groups is 1. The monoisotopic (exact) mass is 280 g/mol. The second-order valence-electron chi connectivity index (χ2n) is 6.73. The fraction of sp³-hybridized carbons (Fsp3) is 0.625. The first-order valence-corrected chi connectivity index (χ1v) is 9.90. The summed E-state index contributed by atoms with van der Waals surface area (Å²) in [5, 5.41) is 9.52. The van der Waals surface area contributed by atoms with Crippen molar-refractivity contribution >= 4 is 9.04 Å². The predicted molar refractivity (Wildman–Crippen MR) is 84.0 cm³/mol. The summed E-state index contributed by atoms with van der Waals surface area (Å²) in [5.41, 5.74) is 2.49. The van der Waals surface area contributed by atoms with E-state index in [0.717, 1.165) is 0 Å². The Kier molecular flexibility index (Phi) is 5.77. The molecular formula is C16H28O2Si. The first-order valence-electron chi connectivity index (χ1n) is 7.12. The summed E-state index contributed by atoms with van der Waals surface area (Å²) in [6, 6.07) is 8.46. The van der Waals surface area contributed by atoms with Crippen molar-refractivity contribution in [1.29, 1.82) is 0 Å². The average Bonchev–Trinajstić information content (AvgIpc) is 2.23. The fourth-order valence-corrected chi connectivity index (χ4v) is 3.39. The normalized spacial score (nSPS) is 15.6. The summed E-state index contributed by atoms with van der Waals surface area (Å²) in [7, 11) is -1.09. The van der Waals surface area contributed by atoms with E-state index in [-0.39, 0.29) is 17.6 Å². The minimum Gasteiger partial charge on any atom is -0.413 e. The molecule has 0 aromatic heterocycles. The maximum absolute atomic E-state index is 9.52. The molecule has 0 aliphatic carbocycles. The molecule has 0 fully saturated rings. The third kappa shape index (κ3) is 5.47. The van der Waals surface area contributed by atoms with Crippen LogP contribution in [0.5, 0.6) is 0 Å². The van der Waals surface area contributed by atoms with Crippen molar-refractivity contribution in [2.24, 2.45) is 5.41 Å². The van der Waals surface area contributed by atoms with E-state index in [0.29, 0.717) is 6.42 Å². The van der Waals surface area contributed by atoms with Crippen molar-refractivity contribution in [3.8, 4) is 0 Å². The van der Waals surface area contributed by atoms with Crippen LogP contribution in [0.4, 0.5) is 0 Å². The third-order valence-corrected chi connectivity index (χ3v) is 3.80. The maximum atomic E-state index is 9.52. The average molecular weight is 280 g/mol. The van der Waals surface area contributed by atoms with Gasteiger partial charge in [-0.15, -0.1) is 0 Å². The molecule has 2 nitrogen and oxygen atoms in total. The van der Waals surface area contributed by atoms with Crippen molar-refractivity contribution in [1.82, 2.24) is 0 Å². The number of hydrogen-bond donors (Lipinski definition) is 1. The van der Waals surface area contributed by atoms with E-state index < -0.39 is 9.04 Å². The number of rotatable bonds is 5. The van der Waals surface area contributed by atoms with Gasteiger partial charge >= 0.3 is 0 Å². The van der Waals surface area contributed by atoms with E-state index in [4.69, 9.17) is 4.43 Å². The minimum atomic E-state index is -1.09. The van der Waals surface area contributed by atoms with Gasteiger partial charge in [-0.05, 0) is 43.0 Å². The van der Waals surface area contributed by atoms with Crippen LogP contribution in [0, 0.1) is 5.41 Å². The van der Waals surface area contributed by atoms with Gasteiger partial charge in [-0.3, -0.25) is 0 Å². The van der Waals surface area contributed by atoms with Gasteiger partial charge in [-0.1, -0.05) is 45.0 Å². The highest BCUT2D eigenvalue weighted by Gasteiger charge is 2.28. The first-order chi connectivity index (χ1) is 8.70. The fourth-order valence-electron chi connectivity index (χ4n) is 2.28. The molecule has 1 rings (SSSR count). The second-order valence-corrected chi connectivity index (χ2v) is 9.10. The van der Waals surface area contributed by atoms with Crippen LogP contribution in [0.3, 0.4) is 0 Å². The topological polar surface area (TPSA) is 29.5 Å². The molecule has 19 heavy (non-hydrogen) atoms. The molecule has 1 aromatic rings. The smallest absolute Gasteiger partial charge is 0.171 e. The van der Waals surface area contributed by atoms with Crippen LogP contribution in [0.25, 0.3) is 0 Å². The van der Waals surface area contributed by atoms with E-state index >= 15 is 0 Å². The van der Waals surface area contributed by atoms with Gasteiger partial charge in [-0.25, -0.2) is 0 Å². The highest BCUT2D eigenvalue weighted by Crippen LogP contribution is 2.36. The van der Waals surface area contributed by atoms with Crippen LogP contribution in [-0.2, 0) is 10.8 Å². The standard InChI is InChI=1S/C16H28O2Si/c1-12(17)10-13-8-7-9-14(11-13)15(16(2,3)4)18-19(5)6/h7-9,11-12,15,17,19H,10H2,1-6H3. The van der Waals surface area contributed by atoms with Crippen LogP contribution in [0.1, 0.15) is 44.9 Å². The molecule has 0 spiro atoms. The van der Waals surface area contributed by atoms with Crippen LogP contribution in [-0.4, -0.2) is 20.3 Å². The van der Waals surface area contributed by atoms with E-state index in [9.17, 15) is 5.11 Å². The molecule has 2 atom stereocenters. The van der Waals surface area contributed by atoms with E-state index in [1.54, 1.807) is 0 Å². The molecule has 0 saturated carbocycles. The molecule has 1 aromatic carbocycles. The van der Waals surface area contributed by atoms with Gasteiger partial charge in [0.2, 0.25) is 0 Å². The van der Waals surface area contributed by atoms with E-state index in [1.165, 1.54) is 11.1 Å². The largest absolute Gasteiger partial charge is 0.413 e. The molecule has 0 heterocycles. The van der Waals surface area contributed by atoms with Crippen LogP contribution >= 0.6 is 0 Å². The summed E-state index contributed by atoms with van der Waals surface area (Å²) in [5.74, 6) is 0. The maximum Gasteiger partial charge on any atom is 0.171 e. The Labute approximate surface area is 119 Å². The molecule has 1 N–H and O–H groups in total. The molecular weight excluding hydrogens is 252 g/mol. The summed E-state index contributed by atoms with van der Waals surface area (Å²) in [6.07, 6.45) is 0.529. The zero-order valence-corrected chi connectivity index (χ0v) is 14.3. The van der Waals surface area contributed by atoms with Gasteiger partial charge in [-0.2, -0.15) is 0 Å². The van der Waals surface area contributed by atoms with Gasteiger partial charge in [0.05, 0.1) is 12.2 Å². The Morgan fingerprint density at radius 3 is 2.37 bits per heavy atom. The zero-order valence-electron chi connectivity index (χ0n) is 13.1. The highest BCUT2D eigenvalue weighted by molar-refractivity contribution is 6.48. The molecule has 2 unspecified atom stereocenters. The molecule has 0 aliphatic heterocycles. The SMILES string of the molecule is CC(O)Cc1cccc(C(O[SiH](C)C)C(C)(C)C)c1. The van der Waals surface area contributed by atoms with Gasteiger partial charge in [0, 0.05) is 0 Å². The Morgan fingerprint density at radius 2 is 1.89 bits per heavy atom. The summed E-state index contributed by atoms with van der Waals surface area (Å²) in [4.78, 5) is 0. The molecule has 0 aliphatic rings. The van der Waals surface area contributed by atoms with E-state index in [2.05, 4.69) is 58.1 Å². The quantitative estimate of drug-likeness (QED) is 0.833. The highest BCUT2D eigenvalue weighted by atomic mass is 28.3. The molecule has 0 bridgehead atoms. The van der Waals surface area contributed by atoms with Crippen molar-refractivity contribution in [3.63, 3.8) is 0 Å². The molecule has 0 amide bonds. The predicted octanol–water partition coefficient (Wildman–Crippen LogP) is 3.70. The molecule has 108 valence electrons. The summed E-state index contributed by atoms with van der Waals surface area (Å²) < 4.78 is 6.24. The van der Waals surface area contributed by atoms with Gasteiger partial charge in [0.1, 0.15) is 0 Å². The Hall–Kier alpha value is -0.643. The summed E-state index contributed by atoms with van der Waals surface area (Å²) >= 11 is 0. The van der Waals surface area contributed by atoms with Crippen molar-refractivity contribution in [2.75, 3.05) is 0 Å². The summed E-state index contributed by atoms with van der Waals surface area (Å²) in [6.45, 7) is 12.9.